The van der Waals surface area contributed by atoms with Crippen molar-refractivity contribution in [2.75, 3.05) is 18.7 Å². The van der Waals surface area contributed by atoms with Gasteiger partial charge in [0.2, 0.25) is 0 Å². The quantitative estimate of drug-likeness (QED) is 0.355. The number of anilines is 1. The third-order valence-electron chi connectivity index (χ3n) is 4.53. The summed E-state index contributed by atoms with van der Waals surface area (Å²) in [6.07, 6.45) is 6.16. The van der Waals surface area contributed by atoms with E-state index in [1.165, 1.54) is 35.8 Å². The molecule has 3 aromatic rings. The van der Waals surface area contributed by atoms with Crippen LogP contribution in [-0.4, -0.2) is 29.1 Å². The number of thioether (sulfide) groups is 1. The lowest BCUT2D eigenvalue weighted by Crippen LogP contribution is -2.13. The van der Waals surface area contributed by atoms with E-state index < -0.39 is 0 Å². The Morgan fingerprint density at radius 1 is 1.12 bits per heavy atom. The van der Waals surface area contributed by atoms with Crippen LogP contribution in [0.3, 0.4) is 0 Å². The van der Waals surface area contributed by atoms with Crippen LogP contribution in [0.4, 0.5) is 5.82 Å². The molecule has 0 bridgehead atoms. The van der Waals surface area contributed by atoms with E-state index in [9.17, 15) is 4.79 Å². The van der Waals surface area contributed by atoms with Crippen molar-refractivity contribution >= 4 is 23.4 Å². The maximum atomic E-state index is 12.9. The Morgan fingerprint density at radius 3 is 2.56 bits per heavy atom. The van der Waals surface area contributed by atoms with Gasteiger partial charge in [-0.15, -0.1) is 11.8 Å². The highest BCUT2D eigenvalue weighted by atomic mass is 32.2. The van der Waals surface area contributed by atoms with Gasteiger partial charge in [-0.2, -0.15) is 5.26 Å². The summed E-state index contributed by atoms with van der Waals surface area (Å²) in [5, 5.41) is 15.9. The fraction of sp³-hybridized carbons (Fsp3) is 0.167. The molecule has 1 aromatic heterocycles. The maximum absolute atomic E-state index is 12.9. The monoisotopic (exact) mass is 445 g/mol. The van der Waals surface area contributed by atoms with E-state index in [-0.39, 0.29) is 11.5 Å². The molecule has 0 aliphatic rings. The molecule has 3 rings (SSSR count). The first kappa shape index (κ1) is 23.0. The van der Waals surface area contributed by atoms with Gasteiger partial charge in [-0.25, -0.2) is 9.97 Å². The van der Waals surface area contributed by atoms with Gasteiger partial charge in [0, 0.05) is 19.2 Å². The smallest absolute Gasteiger partial charge is 0.192 e. The maximum Gasteiger partial charge on any atom is 0.192 e. The van der Waals surface area contributed by atoms with Crippen LogP contribution >= 0.6 is 11.8 Å². The number of hydrogen-bond donors (Lipinski definition) is 2. The molecule has 0 radical (unpaired) electrons. The van der Waals surface area contributed by atoms with Crippen LogP contribution in [0, 0.1) is 11.3 Å². The van der Waals surface area contributed by atoms with E-state index in [4.69, 9.17) is 10.00 Å². The Bertz CT molecular complexity index is 1130. The fourth-order valence-electron chi connectivity index (χ4n) is 2.92. The predicted octanol–water partition coefficient (Wildman–Crippen LogP) is 4.15. The fourth-order valence-corrected chi connectivity index (χ4v) is 3.35. The van der Waals surface area contributed by atoms with Crippen molar-refractivity contribution in [2.45, 2.75) is 13.1 Å². The van der Waals surface area contributed by atoms with E-state index >= 15 is 0 Å². The summed E-state index contributed by atoms with van der Waals surface area (Å²) in [6.45, 7) is 1.41. The molecule has 32 heavy (non-hydrogen) atoms. The van der Waals surface area contributed by atoms with Crippen molar-refractivity contribution in [1.82, 2.24) is 15.3 Å². The van der Waals surface area contributed by atoms with E-state index in [0.717, 1.165) is 12.1 Å². The van der Waals surface area contributed by atoms with Crippen molar-refractivity contribution in [3.63, 3.8) is 0 Å². The zero-order valence-electron chi connectivity index (χ0n) is 17.8. The summed E-state index contributed by atoms with van der Waals surface area (Å²) in [4.78, 5) is 21.0. The Balaban J connectivity index is 1.68. The Labute approximate surface area is 191 Å². The SMILES string of the molecule is COc1cc(CNCc2ccccc2)ccc1C(=O)/C=C(/Nc1cnc(C#N)cn1)SC. The number of nitrogens with one attached hydrogen (secondary N) is 2. The lowest BCUT2D eigenvalue weighted by atomic mass is 10.1. The highest BCUT2D eigenvalue weighted by Crippen LogP contribution is 2.23. The van der Waals surface area contributed by atoms with Gasteiger partial charge in [0.05, 0.1) is 30.1 Å². The van der Waals surface area contributed by atoms with Gasteiger partial charge < -0.3 is 15.4 Å². The number of rotatable bonds is 10. The molecule has 7 nitrogen and oxygen atoms in total. The molecule has 0 saturated carbocycles. The van der Waals surface area contributed by atoms with Gasteiger partial charge in [0.15, 0.2) is 11.5 Å². The molecule has 2 aromatic carbocycles. The van der Waals surface area contributed by atoms with Gasteiger partial charge in [0.25, 0.3) is 0 Å². The largest absolute Gasteiger partial charge is 0.496 e. The van der Waals surface area contributed by atoms with Crippen LogP contribution in [0.15, 0.2) is 72.0 Å². The second-order valence-electron chi connectivity index (χ2n) is 6.72. The van der Waals surface area contributed by atoms with Crippen LogP contribution in [-0.2, 0) is 13.1 Å². The molecule has 0 aliphatic heterocycles. The van der Waals surface area contributed by atoms with Crippen molar-refractivity contribution < 1.29 is 9.53 Å². The lowest BCUT2D eigenvalue weighted by Gasteiger charge is -2.11. The summed E-state index contributed by atoms with van der Waals surface area (Å²) in [6, 6.07) is 17.6. The normalized spacial score (nSPS) is 11.0. The van der Waals surface area contributed by atoms with Gasteiger partial charge in [-0.3, -0.25) is 4.79 Å². The van der Waals surface area contributed by atoms with Crippen molar-refractivity contribution in [3.8, 4) is 11.8 Å². The van der Waals surface area contributed by atoms with Gasteiger partial charge in [-0.05, 0) is 29.5 Å². The van der Waals surface area contributed by atoms with Gasteiger partial charge in [0.1, 0.15) is 17.6 Å². The number of aromatic nitrogens is 2. The second kappa shape index (κ2) is 11.6. The zero-order valence-corrected chi connectivity index (χ0v) is 18.6. The Morgan fingerprint density at radius 2 is 1.91 bits per heavy atom. The number of ether oxygens (including phenoxy) is 1. The minimum absolute atomic E-state index is 0.191. The summed E-state index contributed by atoms with van der Waals surface area (Å²) >= 11 is 1.37. The molecule has 0 unspecified atom stereocenters. The number of methoxy groups -OCH3 is 1. The molecular weight excluding hydrogens is 422 g/mol. The Hall–Kier alpha value is -3.67. The molecule has 8 heteroatoms. The molecule has 1 heterocycles. The first-order valence-electron chi connectivity index (χ1n) is 9.83. The van der Waals surface area contributed by atoms with Crippen LogP contribution in [0.2, 0.25) is 0 Å². The number of ketones is 1. The summed E-state index contributed by atoms with van der Waals surface area (Å²) in [5.41, 5.74) is 2.93. The number of nitrogens with zero attached hydrogens (tertiary/aromatic N) is 3. The zero-order chi connectivity index (χ0) is 22.8. The molecule has 0 aliphatic carbocycles. The molecule has 0 amide bonds. The van der Waals surface area contributed by atoms with E-state index in [1.54, 1.807) is 13.2 Å². The molecule has 0 spiro atoms. The highest BCUT2D eigenvalue weighted by Gasteiger charge is 2.13. The predicted molar refractivity (Wildman–Crippen MR) is 126 cm³/mol. The first-order valence-corrected chi connectivity index (χ1v) is 11.1. The Kier molecular flexibility index (Phi) is 8.37. The summed E-state index contributed by atoms with van der Waals surface area (Å²) < 4.78 is 5.47. The second-order valence-corrected chi connectivity index (χ2v) is 7.57. The van der Waals surface area contributed by atoms with E-state index in [0.29, 0.717) is 28.7 Å². The number of benzene rings is 2. The average molecular weight is 446 g/mol. The van der Waals surface area contributed by atoms with Crippen LogP contribution in [0.5, 0.6) is 5.75 Å². The van der Waals surface area contributed by atoms with Crippen LogP contribution < -0.4 is 15.4 Å². The number of carbonyl (C=O) groups excluding carboxylic acids is 1. The van der Waals surface area contributed by atoms with Crippen LogP contribution in [0.1, 0.15) is 27.2 Å². The number of nitriles is 1. The van der Waals surface area contributed by atoms with Gasteiger partial charge in [-0.1, -0.05) is 36.4 Å². The highest BCUT2D eigenvalue weighted by molar-refractivity contribution is 8.02. The molecular formula is C24H23N5O2S. The first-order chi connectivity index (χ1) is 15.6. The number of allylic oxidation sites excluding steroid dienone is 1. The number of carbonyl (C=O) groups is 1. The minimum atomic E-state index is -0.191. The third-order valence-corrected chi connectivity index (χ3v) is 5.19. The van der Waals surface area contributed by atoms with E-state index in [2.05, 4.69) is 32.7 Å². The molecule has 0 fully saturated rings. The average Bonchev–Trinajstić information content (AvgIpc) is 2.84. The topological polar surface area (TPSA) is 99.9 Å². The third kappa shape index (κ3) is 6.41. The summed E-state index contributed by atoms with van der Waals surface area (Å²) in [5.74, 6) is 0.775. The number of hydrogen-bond acceptors (Lipinski definition) is 8. The van der Waals surface area contributed by atoms with Gasteiger partial charge >= 0.3 is 0 Å². The van der Waals surface area contributed by atoms with Crippen molar-refractivity contribution in [1.29, 1.82) is 5.26 Å². The molecule has 2 N–H and O–H groups in total. The standard InChI is InChI=1S/C24H23N5O2S/c1-31-22-10-18(14-26-13-17-6-4-3-5-7-17)8-9-20(22)21(30)11-24(32-2)29-23-16-27-19(12-25)15-28-23/h3-11,15-16,26H,13-14H2,1-2H3,(H,28,29)/b24-11-. The lowest BCUT2D eigenvalue weighted by molar-refractivity contribution is 0.104. The van der Waals surface area contributed by atoms with E-state index in [1.807, 2.05) is 42.7 Å². The van der Waals surface area contributed by atoms with Crippen LogP contribution in [0.25, 0.3) is 0 Å². The minimum Gasteiger partial charge on any atom is -0.496 e. The molecule has 0 saturated heterocycles. The van der Waals surface area contributed by atoms with Crippen molar-refractivity contribution in [2.24, 2.45) is 0 Å². The van der Waals surface area contributed by atoms with Crippen molar-refractivity contribution in [3.05, 3.63) is 94.4 Å². The molecule has 0 atom stereocenters. The molecule has 162 valence electrons. The summed E-state index contributed by atoms with van der Waals surface area (Å²) in [7, 11) is 1.55.